The highest BCUT2D eigenvalue weighted by Crippen LogP contribution is 2.27. The van der Waals surface area contributed by atoms with Gasteiger partial charge < -0.3 is 14.6 Å². The van der Waals surface area contributed by atoms with Gasteiger partial charge in [0.05, 0.1) is 5.69 Å². The van der Waals surface area contributed by atoms with Gasteiger partial charge in [0, 0.05) is 29.0 Å². The topological polar surface area (TPSA) is 68.7 Å². The number of ether oxygens (including phenoxy) is 2. The Bertz CT molecular complexity index is 988. The van der Waals surface area contributed by atoms with E-state index in [0.29, 0.717) is 30.4 Å². The molecule has 0 aliphatic carbocycles. The number of carboxylic acids is 1. The first-order valence-electron chi connectivity index (χ1n) is 9.23. The fourth-order valence-corrected chi connectivity index (χ4v) is 3.88. The highest BCUT2D eigenvalue weighted by atomic mass is 35.5. The Morgan fingerprint density at radius 1 is 1.28 bits per heavy atom. The maximum absolute atomic E-state index is 11.3. The molecule has 29 heavy (non-hydrogen) atoms. The first-order chi connectivity index (χ1) is 14.0. The number of benzene rings is 2. The van der Waals surface area contributed by atoms with Crippen LogP contribution in [0, 0.1) is 6.92 Å². The average Bonchev–Trinajstić information content (AvgIpc) is 3.16. The minimum Gasteiger partial charge on any atom is -0.487 e. The Morgan fingerprint density at radius 2 is 2.10 bits per heavy atom. The van der Waals surface area contributed by atoms with Gasteiger partial charge >= 0.3 is 5.97 Å². The maximum atomic E-state index is 11.3. The first-order valence-corrected chi connectivity index (χ1v) is 10.5. The van der Waals surface area contributed by atoms with Crippen LogP contribution in [0.25, 0.3) is 10.6 Å². The van der Waals surface area contributed by atoms with Crippen molar-refractivity contribution in [2.24, 2.45) is 0 Å². The molecule has 0 fully saturated rings. The summed E-state index contributed by atoms with van der Waals surface area (Å²) in [4.78, 5) is 15.9. The van der Waals surface area contributed by atoms with Crippen molar-refractivity contribution in [3.05, 3.63) is 69.7 Å². The van der Waals surface area contributed by atoms with Crippen LogP contribution >= 0.6 is 22.9 Å². The smallest absolute Gasteiger partial charge is 0.333 e. The maximum Gasteiger partial charge on any atom is 0.333 e. The van der Waals surface area contributed by atoms with Gasteiger partial charge in [-0.15, -0.1) is 11.3 Å². The largest absolute Gasteiger partial charge is 0.487 e. The summed E-state index contributed by atoms with van der Waals surface area (Å²) < 4.78 is 11.2. The van der Waals surface area contributed by atoms with Crippen LogP contribution < -0.4 is 4.74 Å². The highest BCUT2D eigenvalue weighted by Gasteiger charge is 2.19. The van der Waals surface area contributed by atoms with Gasteiger partial charge in [-0.3, -0.25) is 0 Å². The molecule has 152 valence electrons. The van der Waals surface area contributed by atoms with E-state index in [1.54, 1.807) is 18.3 Å². The third-order valence-corrected chi connectivity index (χ3v) is 5.55. The molecule has 0 radical (unpaired) electrons. The quantitative estimate of drug-likeness (QED) is 0.492. The fraction of sp³-hybridized carbons (Fsp3) is 0.273. The van der Waals surface area contributed by atoms with Crippen LogP contribution in [0.2, 0.25) is 5.02 Å². The van der Waals surface area contributed by atoms with Gasteiger partial charge in [0.1, 0.15) is 17.4 Å². The second-order valence-corrected chi connectivity index (χ2v) is 7.81. The molecular formula is C22H22ClNO4S. The van der Waals surface area contributed by atoms with E-state index in [1.165, 1.54) is 0 Å². The number of halogens is 1. The molecule has 0 amide bonds. The lowest BCUT2D eigenvalue weighted by Crippen LogP contribution is -2.26. The van der Waals surface area contributed by atoms with E-state index in [-0.39, 0.29) is 0 Å². The fourth-order valence-electron chi connectivity index (χ4n) is 2.89. The van der Waals surface area contributed by atoms with Crippen molar-refractivity contribution >= 4 is 28.9 Å². The van der Waals surface area contributed by atoms with Gasteiger partial charge in [0.2, 0.25) is 0 Å². The monoisotopic (exact) mass is 431 g/mol. The lowest BCUT2D eigenvalue weighted by Gasteiger charge is -2.15. The molecule has 3 rings (SSSR count). The van der Waals surface area contributed by atoms with E-state index in [1.807, 2.05) is 54.8 Å². The minimum atomic E-state index is -0.953. The molecule has 1 aromatic heterocycles. The SMILES string of the molecule is CCOC(Cc1ccc(OCc2csc(-c3cccc(Cl)c3)n2)cc1C)C(=O)O. The van der Waals surface area contributed by atoms with Crippen molar-refractivity contribution < 1.29 is 19.4 Å². The molecule has 3 aromatic rings. The van der Waals surface area contributed by atoms with E-state index in [9.17, 15) is 9.90 Å². The molecule has 7 heteroatoms. The van der Waals surface area contributed by atoms with Gasteiger partial charge in [0.25, 0.3) is 0 Å². The molecule has 0 saturated carbocycles. The van der Waals surface area contributed by atoms with Crippen molar-refractivity contribution in [3.63, 3.8) is 0 Å². The molecule has 1 heterocycles. The molecule has 5 nitrogen and oxygen atoms in total. The number of aliphatic carboxylic acids is 1. The van der Waals surface area contributed by atoms with Crippen LogP contribution in [0.4, 0.5) is 0 Å². The zero-order chi connectivity index (χ0) is 20.8. The van der Waals surface area contributed by atoms with Crippen molar-refractivity contribution in [1.82, 2.24) is 4.98 Å². The molecule has 1 N–H and O–H groups in total. The number of hydrogen-bond donors (Lipinski definition) is 1. The molecule has 1 atom stereocenters. The molecule has 0 aliphatic rings. The number of aryl methyl sites for hydroxylation is 1. The number of carboxylic acid groups (broad SMARTS) is 1. The van der Waals surface area contributed by atoms with Crippen LogP contribution in [0.3, 0.4) is 0 Å². The predicted octanol–water partition coefficient (Wildman–Crippen LogP) is 5.38. The summed E-state index contributed by atoms with van der Waals surface area (Å²) in [5.41, 5.74) is 3.71. The zero-order valence-electron chi connectivity index (χ0n) is 16.2. The Kier molecular flexibility index (Phi) is 7.25. The molecule has 1 unspecified atom stereocenters. The summed E-state index contributed by atoms with van der Waals surface area (Å²) in [5.74, 6) is -0.238. The summed E-state index contributed by atoms with van der Waals surface area (Å²) >= 11 is 7.60. The predicted molar refractivity (Wildman–Crippen MR) is 115 cm³/mol. The number of nitrogens with zero attached hydrogens (tertiary/aromatic N) is 1. The van der Waals surface area contributed by atoms with Crippen LogP contribution in [0.1, 0.15) is 23.7 Å². The summed E-state index contributed by atoms with van der Waals surface area (Å²) in [5, 5.41) is 12.8. The standard InChI is InChI=1S/C22H22ClNO4S/c1-3-27-20(22(25)26)11-15-7-8-19(9-14(15)2)28-12-18-13-29-21(24-18)16-5-4-6-17(23)10-16/h4-10,13,20H,3,11-12H2,1-2H3,(H,25,26). The third kappa shape index (κ3) is 5.79. The van der Waals surface area contributed by atoms with E-state index in [0.717, 1.165) is 27.4 Å². The number of thiazole rings is 1. The van der Waals surface area contributed by atoms with Gasteiger partial charge in [-0.05, 0) is 49.2 Å². The van der Waals surface area contributed by atoms with E-state index in [4.69, 9.17) is 21.1 Å². The highest BCUT2D eigenvalue weighted by molar-refractivity contribution is 7.13. The molecule has 0 spiro atoms. The van der Waals surface area contributed by atoms with E-state index < -0.39 is 12.1 Å². The van der Waals surface area contributed by atoms with Crippen molar-refractivity contribution in [1.29, 1.82) is 0 Å². The Morgan fingerprint density at radius 3 is 2.79 bits per heavy atom. The van der Waals surface area contributed by atoms with Crippen LogP contribution in [0.15, 0.2) is 47.8 Å². The van der Waals surface area contributed by atoms with E-state index in [2.05, 4.69) is 4.98 Å². The summed E-state index contributed by atoms with van der Waals surface area (Å²) in [6, 6.07) is 13.2. The number of carbonyl (C=O) groups is 1. The summed E-state index contributed by atoms with van der Waals surface area (Å²) in [6.07, 6.45) is -0.518. The molecular weight excluding hydrogens is 410 g/mol. The van der Waals surface area contributed by atoms with Gasteiger partial charge in [-0.2, -0.15) is 0 Å². The molecule has 0 bridgehead atoms. The first kappa shape index (κ1) is 21.3. The van der Waals surface area contributed by atoms with Gasteiger partial charge in [0.15, 0.2) is 6.10 Å². The normalized spacial score (nSPS) is 12.0. The second-order valence-electron chi connectivity index (χ2n) is 6.52. The Hall–Kier alpha value is -2.41. The second kappa shape index (κ2) is 9.87. The van der Waals surface area contributed by atoms with Crippen molar-refractivity contribution in [2.75, 3.05) is 6.61 Å². The van der Waals surface area contributed by atoms with Crippen LogP contribution in [-0.4, -0.2) is 28.8 Å². The molecule has 2 aromatic carbocycles. The van der Waals surface area contributed by atoms with Crippen LogP contribution in [0.5, 0.6) is 5.75 Å². The third-order valence-electron chi connectivity index (χ3n) is 4.37. The van der Waals surface area contributed by atoms with Gasteiger partial charge in [-0.1, -0.05) is 29.8 Å². The van der Waals surface area contributed by atoms with Crippen molar-refractivity contribution in [3.8, 4) is 16.3 Å². The molecule has 0 aliphatic heterocycles. The van der Waals surface area contributed by atoms with E-state index >= 15 is 0 Å². The lowest BCUT2D eigenvalue weighted by molar-refractivity contribution is -0.149. The Balaban J connectivity index is 1.63. The van der Waals surface area contributed by atoms with Crippen LogP contribution in [-0.2, 0) is 22.6 Å². The number of aromatic nitrogens is 1. The van der Waals surface area contributed by atoms with Gasteiger partial charge in [-0.25, -0.2) is 9.78 Å². The lowest BCUT2D eigenvalue weighted by atomic mass is 10.0. The minimum absolute atomic E-state index is 0.324. The molecule has 0 saturated heterocycles. The van der Waals surface area contributed by atoms with Crippen molar-refractivity contribution in [2.45, 2.75) is 33.0 Å². The number of hydrogen-bond acceptors (Lipinski definition) is 5. The summed E-state index contributed by atoms with van der Waals surface area (Å²) in [7, 11) is 0. The summed E-state index contributed by atoms with van der Waals surface area (Å²) in [6.45, 7) is 4.44. The zero-order valence-corrected chi connectivity index (χ0v) is 17.8. The Labute approximate surface area is 178 Å². The number of rotatable bonds is 9. The average molecular weight is 432 g/mol.